The van der Waals surface area contributed by atoms with Crippen LogP contribution in [-0.4, -0.2) is 54.3 Å². The van der Waals surface area contributed by atoms with E-state index in [0.717, 1.165) is 21.4 Å². The van der Waals surface area contributed by atoms with Crippen LogP contribution in [0.3, 0.4) is 0 Å². The molecule has 2 heterocycles. The van der Waals surface area contributed by atoms with Gasteiger partial charge in [-0.05, 0) is 29.8 Å². The summed E-state index contributed by atoms with van der Waals surface area (Å²) in [5, 5.41) is 3.51. The molecule has 0 fully saturated rings. The summed E-state index contributed by atoms with van der Waals surface area (Å²) in [4.78, 5) is 47.2. The van der Waals surface area contributed by atoms with Crippen LogP contribution in [0.1, 0.15) is 21.3 Å². The van der Waals surface area contributed by atoms with E-state index in [1.165, 1.54) is 21.6 Å². The standard InChI is InChI=1S/C28H26N4O3S/c1-31(2)24(33)17-32-22-14-8-9-15-23(22)36-26(18-10-4-3-5-11-18)25(28(32)35)30-27(34)21-16-19-12-6-7-13-20(19)29-21/h3-16,25-26,29H,17H2,1-2H3,(H,30,34)/t25-,26-/m0/s1. The molecule has 0 spiro atoms. The van der Waals surface area contributed by atoms with Crippen molar-refractivity contribution in [1.29, 1.82) is 0 Å². The SMILES string of the molecule is CN(C)C(=O)CN1C(=O)[C@@H](NC(=O)c2cc3ccccc3[nH]2)[C@H](c2ccccc2)Sc2ccccc21. The number of anilines is 1. The highest BCUT2D eigenvalue weighted by atomic mass is 32.2. The lowest BCUT2D eigenvalue weighted by atomic mass is 10.0. The van der Waals surface area contributed by atoms with E-state index in [2.05, 4.69) is 10.3 Å². The van der Waals surface area contributed by atoms with Gasteiger partial charge in [-0.15, -0.1) is 11.8 Å². The summed E-state index contributed by atoms with van der Waals surface area (Å²) < 4.78 is 0. The van der Waals surface area contributed by atoms with Crippen molar-refractivity contribution >= 4 is 46.1 Å². The number of carbonyl (C=O) groups excluding carboxylic acids is 3. The van der Waals surface area contributed by atoms with Crippen molar-refractivity contribution in [2.45, 2.75) is 16.2 Å². The Morgan fingerprint density at radius 1 is 0.972 bits per heavy atom. The number of amides is 3. The summed E-state index contributed by atoms with van der Waals surface area (Å²) >= 11 is 1.51. The number of benzene rings is 3. The molecule has 8 heteroatoms. The first-order valence-corrected chi connectivity index (χ1v) is 12.5. The van der Waals surface area contributed by atoms with Crippen LogP contribution in [0.5, 0.6) is 0 Å². The number of hydrogen-bond acceptors (Lipinski definition) is 4. The fourth-order valence-electron chi connectivity index (χ4n) is 4.30. The second-order valence-corrected chi connectivity index (χ2v) is 10.0. The smallest absolute Gasteiger partial charge is 0.268 e. The molecule has 36 heavy (non-hydrogen) atoms. The topological polar surface area (TPSA) is 85.5 Å². The van der Waals surface area contributed by atoms with Gasteiger partial charge in [-0.2, -0.15) is 0 Å². The Labute approximate surface area is 213 Å². The van der Waals surface area contributed by atoms with Crippen LogP contribution in [0.4, 0.5) is 5.69 Å². The van der Waals surface area contributed by atoms with Crippen molar-refractivity contribution < 1.29 is 14.4 Å². The highest BCUT2D eigenvalue weighted by molar-refractivity contribution is 7.99. The number of para-hydroxylation sites is 2. The number of fused-ring (bicyclic) bond motifs is 2. The van der Waals surface area contributed by atoms with Crippen molar-refractivity contribution in [2.24, 2.45) is 0 Å². The third-order valence-electron chi connectivity index (χ3n) is 6.23. The zero-order valence-electron chi connectivity index (χ0n) is 20.0. The molecule has 182 valence electrons. The fraction of sp³-hybridized carbons (Fsp3) is 0.179. The number of thioether (sulfide) groups is 1. The maximum atomic E-state index is 14.1. The lowest BCUT2D eigenvalue weighted by molar-refractivity contribution is -0.129. The number of nitrogens with one attached hydrogen (secondary N) is 2. The molecule has 0 saturated carbocycles. The zero-order valence-corrected chi connectivity index (χ0v) is 20.8. The number of aromatic nitrogens is 1. The lowest BCUT2D eigenvalue weighted by Crippen LogP contribution is -2.52. The largest absolute Gasteiger partial charge is 0.351 e. The van der Waals surface area contributed by atoms with Crippen LogP contribution in [0.2, 0.25) is 0 Å². The molecule has 3 amide bonds. The van der Waals surface area contributed by atoms with E-state index in [0.29, 0.717) is 11.4 Å². The second kappa shape index (κ2) is 9.91. The predicted molar refractivity (Wildman–Crippen MR) is 142 cm³/mol. The van der Waals surface area contributed by atoms with E-state index >= 15 is 0 Å². The average molecular weight is 499 g/mol. The molecule has 0 unspecified atom stereocenters. The first kappa shape index (κ1) is 23.7. The normalized spacial score (nSPS) is 17.4. The molecular formula is C28H26N4O3S. The van der Waals surface area contributed by atoms with Crippen molar-refractivity contribution in [3.8, 4) is 0 Å². The van der Waals surface area contributed by atoms with Gasteiger partial charge in [-0.25, -0.2) is 0 Å². The molecule has 5 rings (SSSR count). The van der Waals surface area contributed by atoms with E-state index in [1.807, 2.05) is 78.9 Å². The minimum Gasteiger partial charge on any atom is -0.351 e. The van der Waals surface area contributed by atoms with Crippen molar-refractivity contribution in [2.75, 3.05) is 25.5 Å². The van der Waals surface area contributed by atoms with Crippen LogP contribution >= 0.6 is 11.8 Å². The van der Waals surface area contributed by atoms with Crippen molar-refractivity contribution in [3.05, 3.63) is 96.2 Å². The molecule has 2 atom stereocenters. The van der Waals surface area contributed by atoms with Crippen LogP contribution in [-0.2, 0) is 9.59 Å². The van der Waals surface area contributed by atoms with Gasteiger partial charge in [0.1, 0.15) is 18.3 Å². The maximum absolute atomic E-state index is 14.1. The Kier molecular flexibility index (Phi) is 6.52. The van der Waals surface area contributed by atoms with E-state index in [9.17, 15) is 14.4 Å². The van der Waals surface area contributed by atoms with Gasteiger partial charge >= 0.3 is 0 Å². The predicted octanol–water partition coefficient (Wildman–Crippen LogP) is 4.23. The fourth-order valence-corrected chi connectivity index (χ4v) is 5.64. The highest BCUT2D eigenvalue weighted by Gasteiger charge is 2.40. The highest BCUT2D eigenvalue weighted by Crippen LogP contribution is 2.45. The molecule has 0 radical (unpaired) electrons. The van der Waals surface area contributed by atoms with Gasteiger partial charge in [-0.3, -0.25) is 14.4 Å². The number of nitrogens with zero attached hydrogens (tertiary/aromatic N) is 2. The van der Waals surface area contributed by atoms with E-state index in [4.69, 9.17) is 0 Å². The molecule has 0 saturated heterocycles. The summed E-state index contributed by atoms with van der Waals surface area (Å²) in [7, 11) is 3.32. The second-order valence-electron chi connectivity index (χ2n) is 8.85. The third-order valence-corrected chi connectivity index (χ3v) is 7.62. The number of carbonyl (C=O) groups is 3. The Bertz CT molecular complexity index is 1400. The molecule has 0 aliphatic carbocycles. The zero-order chi connectivity index (χ0) is 25.2. The molecule has 2 N–H and O–H groups in total. The van der Waals surface area contributed by atoms with E-state index < -0.39 is 11.3 Å². The number of hydrogen-bond donors (Lipinski definition) is 2. The van der Waals surface area contributed by atoms with E-state index in [1.54, 1.807) is 20.2 Å². The van der Waals surface area contributed by atoms with Gasteiger partial charge in [0.15, 0.2) is 0 Å². The van der Waals surface area contributed by atoms with E-state index in [-0.39, 0.29) is 24.3 Å². The molecule has 0 bridgehead atoms. The molecule has 1 aromatic heterocycles. The van der Waals surface area contributed by atoms with Crippen molar-refractivity contribution in [1.82, 2.24) is 15.2 Å². The number of H-pyrrole nitrogens is 1. The van der Waals surface area contributed by atoms with Crippen LogP contribution in [0, 0.1) is 0 Å². The number of aromatic amines is 1. The lowest BCUT2D eigenvalue weighted by Gasteiger charge is -2.29. The Balaban J connectivity index is 1.56. The quantitative estimate of drug-likeness (QED) is 0.431. The number of rotatable bonds is 5. The van der Waals surface area contributed by atoms with Gasteiger partial charge in [0.05, 0.1) is 10.9 Å². The van der Waals surface area contributed by atoms with Gasteiger partial charge in [0.25, 0.3) is 11.8 Å². The first-order chi connectivity index (χ1) is 17.4. The summed E-state index contributed by atoms with van der Waals surface area (Å²) in [6.07, 6.45) is 0. The molecule has 4 aromatic rings. The molecule has 3 aromatic carbocycles. The van der Waals surface area contributed by atoms with Gasteiger partial charge in [-0.1, -0.05) is 60.7 Å². The van der Waals surface area contributed by atoms with Crippen LogP contribution in [0.25, 0.3) is 10.9 Å². The van der Waals surface area contributed by atoms with Crippen LogP contribution < -0.4 is 10.2 Å². The summed E-state index contributed by atoms with van der Waals surface area (Å²) in [6, 6.07) is 25.7. The minimum atomic E-state index is -0.904. The Hall–Kier alpha value is -4.04. The Morgan fingerprint density at radius 3 is 2.42 bits per heavy atom. The summed E-state index contributed by atoms with van der Waals surface area (Å²) in [5.74, 6) is -0.918. The monoisotopic (exact) mass is 498 g/mol. The summed E-state index contributed by atoms with van der Waals surface area (Å²) in [6.45, 7) is -0.121. The number of likely N-dealkylation sites (N-methyl/N-ethyl adjacent to an activating group) is 1. The minimum absolute atomic E-state index is 0.121. The average Bonchev–Trinajstić information content (AvgIpc) is 3.30. The molecule has 7 nitrogen and oxygen atoms in total. The van der Waals surface area contributed by atoms with Crippen LogP contribution in [0.15, 0.2) is 89.8 Å². The maximum Gasteiger partial charge on any atom is 0.268 e. The van der Waals surface area contributed by atoms with Gasteiger partial charge in [0.2, 0.25) is 5.91 Å². The molecular weight excluding hydrogens is 472 g/mol. The third kappa shape index (κ3) is 4.59. The first-order valence-electron chi connectivity index (χ1n) is 11.6. The van der Waals surface area contributed by atoms with Crippen molar-refractivity contribution in [3.63, 3.8) is 0 Å². The molecule has 1 aliphatic rings. The summed E-state index contributed by atoms with van der Waals surface area (Å²) in [5.41, 5.74) is 2.78. The molecule has 1 aliphatic heterocycles. The van der Waals surface area contributed by atoms with Gasteiger partial charge < -0.3 is 20.1 Å². The Morgan fingerprint density at radius 2 is 1.67 bits per heavy atom. The van der Waals surface area contributed by atoms with Gasteiger partial charge in [0, 0.05) is 29.9 Å².